The molecule has 1 atom stereocenters. The largest absolute Gasteiger partial charge is 0.454 e. The van der Waals surface area contributed by atoms with E-state index in [0.29, 0.717) is 31.4 Å². The molecular weight excluding hydrogens is 388 g/mol. The average Bonchev–Trinajstić information content (AvgIpc) is 3.30. The third kappa shape index (κ3) is 3.13. The van der Waals surface area contributed by atoms with Crippen LogP contribution in [0.5, 0.6) is 11.5 Å². The molecular formula is C21H24N4O5. The van der Waals surface area contributed by atoms with E-state index in [2.05, 4.69) is 10.00 Å². The molecule has 0 radical (unpaired) electrons. The second kappa shape index (κ2) is 6.68. The summed E-state index contributed by atoms with van der Waals surface area (Å²) in [6.07, 6.45) is 3.02. The molecule has 4 heterocycles. The number of nitrogens with zero attached hydrogens (tertiary/aromatic N) is 4. The molecule has 1 aromatic carbocycles. The number of ether oxygens (including phenoxy) is 3. The van der Waals surface area contributed by atoms with E-state index in [9.17, 15) is 9.59 Å². The van der Waals surface area contributed by atoms with Crippen LogP contribution >= 0.6 is 0 Å². The molecule has 6 rings (SSSR count). The molecule has 0 amide bonds. The van der Waals surface area contributed by atoms with Crippen LogP contribution in [0, 0.1) is 5.92 Å². The second-order valence-electron chi connectivity index (χ2n) is 8.86. The summed E-state index contributed by atoms with van der Waals surface area (Å²) in [5, 5.41) is 4.43. The van der Waals surface area contributed by atoms with Crippen molar-refractivity contribution >= 4 is 0 Å². The molecule has 0 unspecified atom stereocenters. The summed E-state index contributed by atoms with van der Waals surface area (Å²) < 4.78 is 20.0. The first-order valence-electron chi connectivity index (χ1n) is 10.5. The molecule has 0 bridgehead atoms. The number of aromatic nitrogens is 3. The molecule has 158 valence electrons. The summed E-state index contributed by atoms with van der Waals surface area (Å²) in [5.41, 5.74) is -0.297. The van der Waals surface area contributed by atoms with Crippen LogP contribution in [0.25, 0.3) is 0 Å². The molecule has 2 aromatic rings. The van der Waals surface area contributed by atoms with Gasteiger partial charge in [0.15, 0.2) is 17.3 Å². The number of benzene rings is 1. The number of hydrogen-bond donors (Lipinski definition) is 0. The smallest absolute Gasteiger partial charge is 0.332 e. The van der Waals surface area contributed by atoms with E-state index in [1.807, 2.05) is 18.2 Å². The van der Waals surface area contributed by atoms with Crippen LogP contribution in [-0.4, -0.2) is 44.7 Å². The Hall–Kier alpha value is -2.65. The highest BCUT2D eigenvalue weighted by Gasteiger charge is 2.43. The highest BCUT2D eigenvalue weighted by atomic mass is 16.7. The third-order valence-corrected chi connectivity index (χ3v) is 6.53. The van der Waals surface area contributed by atoms with Crippen LogP contribution in [0.1, 0.15) is 30.7 Å². The third-order valence-electron chi connectivity index (χ3n) is 6.53. The fourth-order valence-electron chi connectivity index (χ4n) is 4.68. The van der Waals surface area contributed by atoms with Gasteiger partial charge in [-0.2, -0.15) is 5.10 Å². The van der Waals surface area contributed by atoms with Gasteiger partial charge in [-0.25, -0.2) is 4.68 Å². The Bertz CT molecular complexity index is 1120. The number of hydrogen-bond acceptors (Lipinski definition) is 7. The fraction of sp³-hybridized carbons (Fsp3) is 0.571. The minimum atomic E-state index is -0.516. The molecule has 9 nitrogen and oxygen atoms in total. The topological polar surface area (TPSA) is 87.8 Å². The molecule has 9 heteroatoms. The Labute approximate surface area is 172 Å². The van der Waals surface area contributed by atoms with Crippen LogP contribution in [-0.2, 0) is 31.0 Å². The highest BCUT2D eigenvalue weighted by Crippen LogP contribution is 2.35. The number of likely N-dealkylation sites (tertiary alicyclic amines) is 1. The standard InChI is InChI=1S/C21H24N4O5/c26-19-20(27)25(9-14-1-2-14)22-18-10-30-21(12-24(18)19)5-6-23(11-21)8-15-3-4-16-17(7-15)29-13-28-16/h3-4,7,14H,1-2,5-6,8-13H2/t21-/m1/s1. The summed E-state index contributed by atoms with van der Waals surface area (Å²) in [6.45, 7) is 3.79. The molecule has 1 aliphatic carbocycles. The van der Waals surface area contributed by atoms with Gasteiger partial charge in [0.2, 0.25) is 6.79 Å². The average molecular weight is 412 g/mol. The van der Waals surface area contributed by atoms with Crippen molar-refractivity contribution in [2.24, 2.45) is 5.92 Å². The summed E-state index contributed by atoms with van der Waals surface area (Å²) in [7, 11) is 0. The normalized spacial score (nSPS) is 25.1. The Kier molecular flexibility index (Phi) is 4.04. The minimum Gasteiger partial charge on any atom is -0.454 e. The maximum atomic E-state index is 12.8. The first-order valence-corrected chi connectivity index (χ1v) is 10.5. The first-order chi connectivity index (χ1) is 14.6. The highest BCUT2D eigenvalue weighted by molar-refractivity contribution is 5.44. The van der Waals surface area contributed by atoms with Crippen molar-refractivity contribution in [3.63, 3.8) is 0 Å². The van der Waals surface area contributed by atoms with Gasteiger partial charge in [-0.1, -0.05) is 6.07 Å². The molecule has 4 aliphatic rings. The van der Waals surface area contributed by atoms with Crippen molar-refractivity contribution in [1.29, 1.82) is 0 Å². The van der Waals surface area contributed by atoms with Gasteiger partial charge in [0.25, 0.3) is 0 Å². The Morgan fingerprint density at radius 2 is 1.97 bits per heavy atom. The van der Waals surface area contributed by atoms with E-state index >= 15 is 0 Å². The van der Waals surface area contributed by atoms with Crippen molar-refractivity contribution < 1.29 is 14.2 Å². The lowest BCUT2D eigenvalue weighted by atomic mass is 10.0. The lowest BCUT2D eigenvalue weighted by Crippen LogP contribution is -2.53. The van der Waals surface area contributed by atoms with Gasteiger partial charge in [-0.15, -0.1) is 0 Å². The zero-order valence-corrected chi connectivity index (χ0v) is 16.7. The maximum absolute atomic E-state index is 12.8. The molecule has 0 N–H and O–H groups in total. The van der Waals surface area contributed by atoms with E-state index in [0.717, 1.165) is 49.4 Å². The van der Waals surface area contributed by atoms with E-state index in [-0.39, 0.29) is 13.4 Å². The predicted molar refractivity (Wildman–Crippen MR) is 105 cm³/mol. The van der Waals surface area contributed by atoms with E-state index < -0.39 is 16.7 Å². The first kappa shape index (κ1) is 18.1. The zero-order chi connectivity index (χ0) is 20.3. The van der Waals surface area contributed by atoms with Gasteiger partial charge >= 0.3 is 11.1 Å². The number of fused-ring (bicyclic) bond motifs is 2. The molecule has 30 heavy (non-hydrogen) atoms. The van der Waals surface area contributed by atoms with E-state index in [1.54, 1.807) is 4.57 Å². The maximum Gasteiger partial charge on any atom is 0.332 e. The van der Waals surface area contributed by atoms with Crippen LogP contribution in [0.3, 0.4) is 0 Å². The minimum absolute atomic E-state index is 0.262. The molecule has 3 aliphatic heterocycles. The van der Waals surface area contributed by atoms with Crippen LogP contribution < -0.4 is 20.6 Å². The zero-order valence-electron chi connectivity index (χ0n) is 16.7. The van der Waals surface area contributed by atoms with Crippen LogP contribution in [0.4, 0.5) is 0 Å². The molecule has 1 spiro atoms. The Morgan fingerprint density at radius 3 is 2.83 bits per heavy atom. The molecule has 2 fully saturated rings. The molecule has 1 saturated heterocycles. The predicted octanol–water partition coefficient (Wildman–Crippen LogP) is 0.719. The summed E-state index contributed by atoms with van der Waals surface area (Å²) in [5.74, 6) is 2.60. The number of rotatable bonds is 4. The van der Waals surface area contributed by atoms with Gasteiger partial charge in [0.1, 0.15) is 12.2 Å². The monoisotopic (exact) mass is 412 g/mol. The Balaban J connectivity index is 1.19. The van der Waals surface area contributed by atoms with Crippen molar-refractivity contribution in [1.82, 2.24) is 19.2 Å². The van der Waals surface area contributed by atoms with Gasteiger partial charge in [0.05, 0.1) is 6.54 Å². The van der Waals surface area contributed by atoms with Crippen molar-refractivity contribution in [3.8, 4) is 11.5 Å². The Morgan fingerprint density at radius 1 is 1.10 bits per heavy atom. The van der Waals surface area contributed by atoms with Gasteiger partial charge < -0.3 is 14.2 Å². The summed E-state index contributed by atoms with van der Waals surface area (Å²) >= 11 is 0. The fourth-order valence-corrected chi connectivity index (χ4v) is 4.68. The summed E-state index contributed by atoms with van der Waals surface area (Å²) in [6, 6.07) is 6.00. The van der Waals surface area contributed by atoms with Crippen molar-refractivity contribution in [3.05, 3.63) is 50.3 Å². The SMILES string of the molecule is O=c1c(=O)n2c(nn1CC1CC1)CO[C@@]1(CCN(Cc3ccc4c(c3)OCO4)C1)C2. The lowest BCUT2D eigenvalue weighted by Gasteiger charge is -2.35. The van der Waals surface area contributed by atoms with Gasteiger partial charge in [0, 0.05) is 26.2 Å². The lowest BCUT2D eigenvalue weighted by molar-refractivity contribution is -0.0859. The molecule has 1 saturated carbocycles. The van der Waals surface area contributed by atoms with Crippen molar-refractivity contribution in [2.45, 2.75) is 51.1 Å². The second-order valence-corrected chi connectivity index (χ2v) is 8.86. The quantitative estimate of drug-likeness (QED) is 0.684. The van der Waals surface area contributed by atoms with Crippen LogP contribution in [0.15, 0.2) is 27.8 Å². The van der Waals surface area contributed by atoms with Gasteiger partial charge in [-0.05, 0) is 42.9 Å². The van der Waals surface area contributed by atoms with Crippen LogP contribution in [0.2, 0.25) is 0 Å². The van der Waals surface area contributed by atoms with Gasteiger partial charge in [-0.3, -0.25) is 19.1 Å². The van der Waals surface area contributed by atoms with E-state index in [4.69, 9.17) is 14.2 Å². The van der Waals surface area contributed by atoms with E-state index in [1.165, 1.54) is 4.68 Å². The summed E-state index contributed by atoms with van der Waals surface area (Å²) in [4.78, 5) is 27.6. The molecule has 1 aromatic heterocycles. The van der Waals surface area contributed by atoms with Crippen molar-refractivity contribution in [2.75, 3.05) is 19.9 Å².